The Balaban J connectivity index is 1.87. The molecular weight excluding hydrogens is 293 g/mol. The van der Waals surface area contributed by atoms with Crippen molar-refractivity contribution in [2.24, 2.45) is 5.92 Å². The van der Waals surface area contributed by atoms with E-state index >= 15 is 0 Å². The molecule has 0 bridgehead atoms. The number of benzene rings is 1. The summed E-state index contributed by atoms with van der Waals surface area (Å²) >= 11 is 0. The zero-order valence-electron chi connectivity index (χ0n) is 13.7. The van der Waals surface area contributed by atoms with E-state index in [0.29, 0.717) is 6.54 Å². The van der Waals surface area contributed by atoms with E-state index in [1.807, 2.05) is 4.90 Å². The molecule has 2 aromatic rings. The summed E-state index contributed by atoms with van der Waals surface area (Å²) in [7, 11) is 0. The van der Waals surface area contributed by atoms with Crippen LogP contribution in [0.3, 0.4) is 0 Å². The molecule has 1 atom stereocenters. The lowest BCUT2D eigenvalue weighted by atomic mass is 9.97. The van der Waals surface area contributed by atoms with E-state index in [0.717, 1.165) is 12.2 Å². The zero-order valence-corrected chi connectivity index (χ0v) is 13.7. The molecule has 1 N–H and O–H groups in total. The van der Waals surface area contributed by atoms with Crippen LogP contribution in [-0.2, 0) is 6.54 Å². The fraction of sp³-hybridized carbons (Fsp3) is 0.389. The number of amides is 2. The van der Waals surface area contributed by atoms with Crippen molar-refractivity contribution in [2.45, 2.75) is 33.4 Å². The molecule has 1 aromatic carbocycles. The van der Waals surface area contributed by atoms with Crippen molar-refractivity contribution in [3.63, 3.8) is 0 Å². The first-order valence-corrected chi connectivity index (χ1v) is 7.97. The maximum atomic E-state index is 13.8. The molecular formula is C18H22FN3O. The monoisotopic (exact) mass is 315 g/mol. The molecule has 4 nitrogen and oxygen atoms in total. The van der Waals surface area contributed by atoms with Crippen LogP contribution in [0.15, 0.2) is 36.4 Å². The molecule has 0 saturated carbocycles. The largest absolute Gasteiger partial charge is 0.345 e. The second kappa shape index (κ2) is 6.07. The maximum Gasteiger partial charge on any atom is 0.322 e. The Bertz CT molecular complexity index is 723. The summed E-state index contributed by atoms with van der Waals surface area (Å²) in [6, 6.07) is 10.2. The minimum Gasteiger partial charge on any atom is -0.345 e. The highest BCUT2D eigenvalue weighted by atomic mass is 19.1. The highest BCUT2D eigenvalue weighted by Crippen LogP contribution is 2.34. The summed E-state index contributed by atoms with van der Waals surface area (Å²) in [6.07, 6.45) is 0. The molecule has 1 unspecified atom stereocenters. The van der Waals surface area contributed by atoms with Gasteiger partial charge in [0, 0.05) is 24.5 Å². The van der Waals surface area contributed by atoms with Crippen LogP contribution in [-0.4, -0.2) is 22.0 Å². The minimum absolute atomic E-state index is 0.00998. The number of rotatable bonds is 2. The number of nitrogens with one attached hydrogen (secondary N) is 1. The topological polar surface area (TPSA) is 37.3 Å². The number of anilines is 1. The predicted octanol–water partition coefficient (Wildman–Crippen LogP) is 4.18. The van der Waals surface area contributed by atoms with Gasteiger partial charge in [-0.2, -0.15) is 0 Å². The van der Waals surface area contributed by atoms with Crippen molar-refractivity contribution < 1.29 is 9.18 Å². The molecule has 0 spiro atoms. The normalized spacial score (nSPS) is 17.3. The van der Waals surface area contributed by atoms with E-state index in [1.165, 1.54) is 11.8 Å². The molecule has 1 aliphatic rings. The van der Waals surface area contributed by atoms with Gasteiger partial charge >= 0.3 is 6.03 Å². The first-order valence-electron chi connectivity index (χ1n) is 7.97. The molecule has 0 radical (unpaired) electrons. The summed E-state index contributed by atoms with van der Waals surface area (Å²) in [5.41, 5.74) is 2.57. The molecule has 3 rings (SSSR count). The van der Waals surface area contributed by atoms with Gasteiger partial charge in [-0.1, -0.05) is 26.0 Å². The lowest BCUT2D eigenvalue weighted by Gasteiger charge is -2.39. The number of halogens is 1. The summed E-state index contributed by atoms with van der Waals surface area (Å²) in [5.74, 6) is -0.145. The molecule has 122 valence electrons. The van der Waals surface area contributed by atoms with Crippen LogP contribution in [0.25, 0.3) is 0 Å². The number of fused-ring (bicyclic) bond motifs is 1. The van der Waals surface area contributed by atoms with Crippen molar-refractivity contribution >= 4 is 11.7 Å². The average molecular weight is 315 g/mol. The second-order valence-corrected chi connectivity index (χ2v) is 6.34. The number of para-hydroxylation sites is 1. The summed E-state index contributed by atoms with van der Waals surface area (Å²) < 4.78 is 16.0. The van der Waals surface area contributed by atoms with E-state index in [9.17, 15) is 9.18 Å². The summed E-state index contributed by atoms with van der Waals surface area (Å²) in [5, 5.41) is 2.71. The molecule has 1 aromatic heterocycles. The van der Waals surface area contributed by atoms with E-state index in [1.54, 1.807) is 18.2 Å². The number of aromatic nitrogens is 1. The Kier molecular flexibility index (Phi) is 4.11. The smallest absolute Gasteiger partial charge is 0.322 e. The number of carbonyl (C=O) groups excluding carboxylic acids is 1. The van der Waals surface area contributed by atoms with Crippen LogP contribution in [0.1, 0.15) is 31.3 Å². The van der Waals surface area contributed by atoms with Gasteiger partial charge in [0.25, 0.3) is 0 Å². The van der Waals surface area contributed by atoms with Crippen molar-refractivity contribution in [3.8, 4) is 0 Å². The van der Waals surface area contributed by atoms with Crippen LogP contribution >= 0.6 is 0 Å². The maximum absolute atomic E-state index is 13.8. The average Bonchev–Trinajstić information content (AvgIpc) is 2.90. The molecule has 2 heterocycles. The molecule has 5 heteroatoms. The quantitative estimate of drug-likeness (QED) is 0.887. The second-order valence-electron chi connectivity index (χ2n) is 6.34. The van der Waals surface area contributed by atoms with Crippen LogP contribution in [0.2, 0.25) is 0 Å². The van der Waals surface area contributed by atoms with E-state index in [-0.39, 0.29) is 23.7 Å². The van der Waals surface area contributed by atoms with Gasteiger partial charge in [-0.3, -0.25) is 0 Å². The Hall–Kier alpha value is -2.30. The molecule has 0 saturated heterocycles. The molecule has 0 aliphatic carbocycles. The SMILES string of the molecule is Cc1ccc2n1CCN(C(=O)Nc1ccccc1F)C2C(C)C. The minimum atomic E-state index is -0.418. The third-order valence-electron chi connectivity index (χ3n) is 4.44. The Labute approximate surface area is 135 Å². The third kappa shape index (κ3) is 2.83. The highest BCUT2D eigenvalue weighted by molar-refractivity contribution is 5.89. The van der Waals surface area contributed by atoms with Crippen molar-refractivity contribution in [2.75, 3.05) is 11.9 Å². The fourth-order valence-corrected chi connectivity index (χ4v) is 3.34. The lowest BCUT2D eigenvalue weighted by Crippen LogP contribution is -2.46. The van der Waals surface area contributed by atoms with Crippen molar-refractivity contribution in [1.82, 2.24) is 9.47 Å². The van der Waals surface area contributed by atoms with Crippen LogP contribution in [0.5, 0.6) is 0 Å². The number of nitrogens with zero attached hydrogens (tertiary/aromatic N) is 2. The number of hydrogen-bond acceptors (Lipinski definition) is 1. The number of hydrogen-bond donors (Lipinski definition) is 1. The lowest BCUT2D eigenvalue weighted by molar-refractivity contribution is 0.143. The zero-order chi connectivity index (χ0) is 16.6. The number of aryl methyl sites for hydroxylation is 1. The molecule has 1 aliphatic heterocycles. The van der Waals surface area contributed by atoms with Crippen LogP contribution in [0.4, 0.5) is 14.9 Å². The Morgan fingerprint density at radius 2 is 1.96 bits per heavy atom. The van der Waals surface area contributed by atoms with Gasteiger partial charge in [0.1, 0.15) is 5.82 Å². The molecule has 23 heavy (non-hydrogen) atoms. The van der Waals surface area contributed by atoms with Gasteiger partial charge in [-0.25, -0.2) is 9.18 Å². The van der Waals surface area contributed by atoms with Gasteiger partial charge < -0.3 is 14.8 Å². The van der Waals surface area contributed by atoms with Gasteiger partial charge in [-0.05, 0) is 37.1 Å². The van der Waals surface area contributed by atoms with E-state index < -0.39 is 5.82 Å². The first-order chi connectivity index (χ1) is 11.0. The highest BCUT2D eigenvalue weighted by Gasteiger charge is 2.33. The summed E-state index contributed by atoms with van der Waals surface area (Å²) in [4.78, 5) is 14.5. The fourth-order valence-electron chi connectivity index (χ4n) is 3.34. The van der Waals surface area contributed by atoms with E-state index in [4.69, 9.17) is 0 Å². The third-order valence-corrected chi connectivity index (χ3v) is 4.44. The molecule has 2 amide bonds. The van der Waals surface area contributed by atoms with Crippen LogP contribution in [0, 0.1) is 18.7 Å². The number of urea groups is 1. The molecule has 0 fully saturated rings. The van der Waals surface area contributed by atoms with Gasteiger partial charge in [0.2, 0.25) is 0 Å². The van der Waals surface area contributed by atoms with E-state index in [2.05, 4.69) is 42.8 Å². The van der Waals surface area contributed by atoms with Gasteiger partial charge in [0.15, 0.2) is 0 Å². The number of carbonyl (C=O) groups is 1. The predicted molar refractivity (Wildman–Crippen MR) is 88.9 cm³/mol. The Morgan fingerprint density at radius 3 is 2.65 bits per heavy atom. The first kappa shape index (κ1) is 15.6. The van der Waals surface area contributed by atoms with Crippen molar-refractivity contribution in [1.29, 1.82) is 0 Å². The van der Waals surface area contributed by atoms with Gasteiger partial charge in [0.05, 0.1) is 11.7 Å². The van der Waals surface area contributed by atoms with Gasteiger partial charge in [-0.15, -0.1) is 0 Å². The Morgan fingerprint density at radius 1 is 1.22 bits per heavy atom. The van der Waals surface area contributed by atoms with Crippen molar-refractivity contribution in [3.05, 3.63) is 53.6 Å². The standard InChI is InChI=1S/C18H22FN3O/c1-12(2)17-16-9-8-13(3)21(16)10-11-22(17)18(23)20-15-7-5-4-6-14(15)19/h4-9,12,17H,10-11H2,1-3H3,(H,20,23). The van der Waals surface area contributed by atoms with Crippen LogP contribution < -0.4 is 5.32 Å². The summed E-state index contributed by atoms with van der Waals surface area (Å²) in [6.45, 7) is 7.67.